The minimum Gasteiger partial charge on any atom is -0.483 e. The maximum absolute atomic E-state index is 13.4. The van der Waals surface area contributed by atoms with E-state index in [4.69, 9.17) is 27.9 Å². The Bertz CT molecular complexity index is 499. The Labute approximate surface area is 107 Å². The van der Waals surface area contributed by atoms with Gasteiger partial charge in [0.2, 0.25) is 0 Å². The van der Waals surface area contributed by atoms with Crippen LogP contribution in [0.2, 0.25) is 10.2 Å². The van der Waals surface area contributed by atoms with Gasteiger partial charge in [-0.05, 0) is 12.1 Å². The predicted octanol–water partition coefficient (Wildman–Crippen LogP) is 3.50. The number of benzene rings is 1. The summed E-state index contributed by atoms with van der Waals surface area (Å²) in [6.07, 6.45) is 2.85. The molecule has 0 saturated heterocycles. The molecule has 2 rings (SSSR count). The van der Waals surface area contributed by atoms with Crippen LogP contribution in [-0.2, 0) is 6.61 Å². The first-order valence-corrected chi connectivity index (χ1v) is 5.45. The molecule has 0 N–H and O–H groups in total. The van der Waals surface area contributed by atoms with Crippen LogP contribution in [0.15, 0.2) is 30.6 Å². The molecule has 0 spiro atoms. The number of para-hydroxylation sites is 1. The lowest BCUT2D eigenvalue weighted by Crippen LogP contribution is -2.00. The quantitative estimate of drug-likeness (QED) is 0.858. The molecule has 0 atom stereocenters. The molecule has 0 aliphatic carbocycles. The van der Waals surface area contributed by atoms with E-state index in [0.717, 1.165) is 0 Å². The van der Waals surface area contributed by atoms with E-state index in [2.05, 4.69) is 9.97 Å². The van der Waals surface area contributed by atoms with Gasteiger partial charge in [-0.25, -0.2) is 9.37 Å². The Morgan fingerprint density at radius 3 is 2.65 bits per heavy atom. The topological polar surface area (TPSA) is 35.0 Å². The minimum atomic E-state index is -0.514. The number of nitrogens with zero attached hydrogens (tertiary/aromatic N) is 2. The van der Waals surface area contributed by atoms with Crippen molar-refractivity contribution in [1.82, 2.24) is 9.97 Å². The van der Waals surface area contributed by atoms with Crippen LogP contribution in [0.25, 0.3) is 0 Å². The summed E-state index contributed by atoms with van der Waals surface area (Å²) in [4.78, 5) is 7.80. The fraction of sp³-hybridized carbons (Fsp3) is 0.0909. The zero-order valence-corrected chi connectivity index (χ0v) is 10.0. The standard InChI is InChI=1S/C11H7Cl2FN2O/c12-8-2-1-3-9(14)11(8)17-6-7-4-16-10(13)5-15-7/h1-5H,6H2. The van der Waals surface area contributed by atoms with Gasteiger partial charge in [0, 0.05) is 0 Å². The van der Waals surface area contributed by atoms with Crippen molar-refractivity contribution in [1.29, 1.82) is 0 Å². The third-order valence-corrected chi connectivity index (χ3v) is 2.45. The van der Waals surface area contributed by atoms with Gasteiger partial charge >= 0.3 is 0 Å². The number of hydrogen-bond acceptors (Lipinski definition) is 3. The van der Waals surface area contributed by atoms with Crippen molar-refractivity contribution >= 4 is 23.2 Å². The molecule has 2 aromatic rings. The normalized spacial score (nSPS) is 10.3. The van der Waals surface area contributed by atoms with Gasteiger partial charge in [0.05, 0.1) is 23.1 Å². The Hall–Kier alpha value is -1.39. The Morgan fingerprint density at radius 1 is 1.18 bits per heavy atom. The van der Waals surface area contributed by atoms with Crippen LogP contribution >= 0.6 is 23.2 Å². The summed E-state index contributed by atoms with van der Waals surface area (Å²) >= 11 is 11.4. The van der Waals surface area contributed by atoms with Crippen molar-refractivity contribution in [3.8, 4) is 5.75 Å². The fourth-order valence-electron chi connectivity index (χ4n) is 1.18. The van der Waals surface area contributed by atoms with Gasteiger partial charge in [-0.3, -0.25) is 4.98 Å². The molecule has 1 heterocycles. The summed E-state index contributed by atoms with van der Waals surface area (Å²) in [5.74, 6) is -0.509. The average molecular weight is 273 g/mol. The van der Waals surface area contributed by atoms with Crippen molar-refractivity contribution in [2.24, 2.45) is 0 Å². The van der Waals surface area contributed by atoms with E-state index >= 15 is 0 Å². The molecule has 0 aliphatic heterocycles. The third kappa shape index (κ3) is 3.05. The monoisotopic (exact) mass is 272 g/mol. The predicted molar refractivity (Wildman–Crippen MR) is 62.8 cm³/mol. The van der Waals surface area contributed by atoms with E-state index in [1.807, 2.05) is 0 Å². The molecule has 88 valence electrons. The van der Waals surface area contributed by atoms with Crippen LogP contribution < -0.4 is 4.74 Å². The van der Waals surface area contributed by atoms with Crippen LogP contribution in [-0.4, -0.2) is 9.97 Å². The van der Waals surface area contributed by atoms with Crippen molar-refractivity contribution < 1.29 is 9.13 Å². The Balaban J connectivity index is 2.10. The Kier molecular flexibility index (Phi) is 3.76. The zero-order valence-electron chi connectivity index (χ0n) is 8.53. The molecular weight excluding hydrogens is 266 g/mol. The summed E-state index contributed by atoms with van der Waals surface area (Å²) in [7, 11) is 0. The van der Waals surface area contributed by atoms with Gasteiger partial charge in [0.1, 0.15) is 11.8 Å². The van der Waals surface area contributed by atoms with Crippen LogP contribution in [0, 0.1) is 5.82 Å². The van der Waals surface area contributed by atoms with Crippen molar-refractivity contribution in [3.63, 3.8) is 0 Å². The highest BCUT2D eigenvalue weighted by Gasteiger charge is 2.08. The van der Waals surface area contributed by atoms with Gasteiger partial charge in [-0.1, -0.05) is 29.3 Å². The van der Waals surface area contributed by atoms with Gasteiger partial charge in [-0.2, -0.15) is 0 Å². The largest absolute Gasteiger partial charge is 0.483 e. The van der Waals surface area contributed by atoms with Gasteiger partial charge in [0.15, 0.2) is 11.6 Å². The second kappa shape index (κ2) is 5.29. The van der Waals surface area contributed by atoms with Crippen molar-refractivity contribution in [2.75, 3.05) is 0 Å². The lowest BCUT2D eigenvalue weighted by Gasteiger charge is -2.07. The van der Waals surface area contributed by atoms with E-state index in [0.29, 0.717) is 5.69 Å². The first-order chi connectivity index (χ1) is 8.16. The van der Waals surface area contributed by atoms with Crippen LogP contribution in [0.1, 0.15) is 5.69 Å². The highest BCUT2D eigenvalue weighted by Crippen LogP contribution is 2.27. The van der Waals surface area contributed by atoms with Crippen LogP contribution in [0.5, 0.6) is 5.75 Å². The minimum absolute atomic E-state index is 0.00548. The molecule has 1 aromatic heterocycles. The first kappa shape index (κ1) is 12.1. The number of aromatic nitrogens is 2. The third-order valence-electron chi connectivity index (χ3n) is 1.96. The lowest BCUT2D eigenvalue weighted by molar-refractivity contribution is 0.285. The number of ether oxygens (including phenoxy) is 1. The second-order valence-electron chi connectivity index (χ2n) is 3.17. The van der Waals surface area contributed by atoms with E-state index in [9.17, 15) is 4.39 Å². The smallest absolute Gasteiger partial charge is 0.174 e. The molecule has 0 unspecified atom stereocenters. The molecule has 6 heteroatoms. The molecule has 1 aromatic carbocycles. The molecular formula is C11H7Cl2FN2O. The van der Waals surface area contributed by atoms with Gasteiger partial charge < -0.3 is 4.74 Å². The maximum Gasteiger partial charge on any atom is 0.174 e. The molecule has 3 nitrogen and oxygen atoms in total. The highest BCUT2D eigenvalue weighted by atomic mass is 35.5. The molecule has 0 amide bonds. The van der Waals surface area contributed by atoms with Gasteiger partial charge in [0.25, 0.3) is 0 Å². The maximum atomic E-state index is 13.4. The Morgan fingerprint density at radius 2 is 2.00 bits per heavy atom. The molecule has 0 bridgehead atoms. The van der Waals surface area contributed by atoms with Crippen LogP contribution in [0.3, 0.4) is 0 Å². The van der Waals surface area contributed by atoms with Crippen molar-refractivity contribution in [3.05, 3.63) is 52.3 Å². The number of halogens is 3. The highest BCUT2D eigenvalue weighted by molar-refractivity contribution is 6.32. The first-order valence-electron chi connectivity index (χ1n) is 4.70. The van der Waals surface area contributed by atoms with E-state index in [1.165, 1.54) is 24.5 Å². The molecule has 0 aliphatic rings. The van der Waals surface area contributed by atoms with E-state index in [-0.39, 0.29) is 22.5 Å². The molecule has 0 saturated carbocycles. The van der Waals surface area contributed by atoms with Crippen molar-refractivity contribution in [2.45, 2.75) is 6.61 Å². The average Bonchev–Trinajstić information content (AvgIpc) is 2.31. The molecule has 17 heavy (non-hydrogen) atoms. The number of rotatable bonds is 3. The SMILES string of the molecule is Fc1cccc(Cl)c1OCc1cnc(Cl)cn1. The summed E-state index contributed by atoms with van der Waals surface area (Å²) in [6, 6.07) is 4.33. The summed E-state index contributed by atoms with van der Waals surface area (Å²) in [5, 5.41) is 0.504. The summed E-state index contributed by atoms with van der Waals surface area (Å²) in [5.41, 5.74) is 0.536. The van der Waals surface area contributed by atoms with E-state index < -0.39 is 5.82 Å². The summed E-state index contributed by atoms with van der Waals surface area (Å²) < 4.78 is 18.6. The molecule has 0 fully saturated rings. The fourth-order valence-corrected chi connectivity index (χ4v) is 1.50. The summed E-state index contributed by atoms with van der Waals surface area (Å²) in [6.45, 7) is 0.0742. The van der Waals surface area contributed by atoms with E-state index in [1.54, 1.807) is 6.07 Å². The lowest BCUT2D eigenvalue weighted by atomic mass is 10.3. The zero-order chi connectivity index (χ0) is 12.3. The molecule has 0 radical (unpaired) electrons. The van der Waals surface area contributed by atoms with Crippen LogP contribution in [0.4, 0.5) is 4.39 Å². The van der Waals surface area contributed by atoms with Gasteiger partial charge in [-0.15, -0.1) is 0 Å². The number of hydrogen-bond donors (Lipinski definition) is 0. The second-order valence-corrected chi connectivity index (χ2v) is 3.96.